The molecule has 4 aliphatic rings. The standard InChI is InChI=1S/C26H35ClN4O2.C25H34ClN5O/c1-4-22-18-30(25-10-9-24(26(32)33-3)28-19(25)2)15-16-31(22)23-11-13-29(14-12-23)17-20-5-7-21(27)8-6-20;1-3-21-17-30(24-9-8-23(25(27)32)28-18(24)2)14-15-31(21)22-10-12-29(13-11-22)16-19-4-6-20(26)7-5-19/h5-10,22-23H,4,11-18H2,1-3H3;4-9,21-22H,3,10-17H2,1-2H3,(H2,27,32)/t22-;21-/m00/s1. The lowest BCUT2D eigenvalue weighted by atomic mass is 9.97. The van der Waals surface area contributed by atoms with E-state index < -0.39 is 5.91 Å². The van der Waals surface area contributed by atoms with Gasteiger partial charge in [-0.15, -0.1) is 0 Å². The van der Waals surface area contributed by atoms with E-state index >= 15 is 0 Å². The molecule has 0 radical (unpaired) electrons. The topological polar surface area (TPSA) is 115 Å². The van der Waals surface area contributed by atoms with Gasteiger partial charge in [-0.05, 0) is 138 Å². The van der Waals surface area contributed by atoms with Crippen LogP contribution in [-0.4, -0.2) is 138 Å². The van der Waals surface area contributed by atoms with E-state index in [2.05, 4.69) is 77.5 Å². The number of likely N-dealkylation sites (tertiary alicyclic amines) is 2. The van der Waals surface area contributed by atoms with Crippen LogP contribution in [-0.2, 0) is 17.8 Å². The van der Waals surface area contributed by atoms with Crippen molar-refractivity contribution in [2.45, 2.75) is 103 Å². The number of rotatable bonds is 12. The average molecular weight is 927 g/mol. The molecule has 12 nitrogen and oxygen atoms in total. The van der Waals surface area contributed by atoms with Gasteiger partial charge in [0, 0.05) is 86.6 Å². The number of hydrogen-bond acceptors (Lipinski definition) is 11. The molecular formula is C51H69Cl2N9O3. The summed E-state index contributed by atoms with van der Waals surface area (Å²) in [6, 6.07) is 26.4. The summed E-state index contributed by atoms with van der Waals surface area (Å²) in [5, 5.41) is 1.60. The molecule has 0 saturated carbocycles. The number of carbonyl (C=O) groups is 2. The normalized spacial score (nSPS) is 20.9. The van der Waals surface area contributed by atoms with Gasteiger partial charge in [0.25, 0.3) is 5.91 Å². The van der Waals surface area contributed by atoms with Gasteiger partial charge >= 0.3 is 5.97 Å². The SMILES string of the molecule is CC[C@H]1CN(c2ccc(C(=O)OC)nc2C)CCN1C1CCN(Cc2ccc(Cl)cc2)CC1.CC[C@H]1CN(c2ccc(C(N)=O)nc2C)CCN1C1CCN(Cc2ccc(Cl)cc2)CC1. The van der Waals surface area contributed by atoms with Crippen LogP contribution in [0.15, 0.2) is 72.8 Å². The lowest BCUT2D eigenvalue weighted by molar-refractivity contribution is 0.0592. The van der Waals surface area contributed by atoms with Gasteiger partial charge in [0.2, 0.25) is 0 Å². The van der Waals surface area contributed by atoms with E-state index in [4.69, 9.17) is 33.7 Å². The molecular weight excluding hydrogens is 858 g/mol. The maximum atomic E-state index is 11.8. The monoisotopic (exact) mass is 925 g/mol. The van der Waals surface area contributed by atoms with Crippen molar-refractivity contribution >= 4 is 46.5 Å². The highest BCUT2D eigenvalue weighted by Gasteiger charge is 2.35. The van der Waals surface area contributed by atoms with Crippen LogP contribution in [0.25, 0.3) is 0 Å². The smallest absolute Gasteiger partial charge is 0.356 e. The van der Waals surface area contributed by atoms with Crippen molar-refractivity contribution < 1.29 is 14.3 Å². The van der Waals surface area contributed by atoms with Crippen molar-refractivity contribution in [1.82, 2.24) is 29.6 Å². The number of piperidine rings is 2. The highest BCUT2D eigenvalue weighted by molar-refractivity contribution is 6.30. The molecule has 1 amide bonds. The molecule has 2 atom stereocenters. The fraction of sp³-hybridized carbons (Fsp3) is 0.529. The van der Waals surface area contributed by atoms with Gasteiger partial charge in [-0.3, -0.25) is 24.4 Å². The van der Waals surface area contributed by atoms with Gasteiger partial charge in [0.1, 0.15) is 11.4 Å². The summed E-state index contributed by atoms with van der Waals surface area (Å²) >= 11 is 12.0. The number of carbonyl (C=O) groups excluding carboxylic acids is 2. The number of pyridine rings is 2. The third-order valence-corrected chi connectivity index (χ3v) is 14.6. The quantitative estimate of drug-likeness (QED) is 0.139. The van der Waals surface area contributed by atoms with Crippen LogP contribution in [0, 0.1) is 13.8 Å². The third-order valence-electron chi connectivity index (χ3n) is 14.1. The van der Waals surface area contributed by atoms with Gasteiger partial charge < -0.3 is 20.3 Å². The summed E-state index contributed by atoms with van der Waals surface area (Å²) < 4.78 is 4.81. The zero-order valence-corrected chi connectivity index (χ0v) is 40.6. The number of nitrogens with two attached hydrogens (primary N) is 1. The first-order chi connectivity index (χ1) is 31.4. The Morgan fingerprint density at radius 3 is 1.37 bits per heavy atom. The molecule has 0 unspecified atom stereocenters. The van der Waals surface area contributed by atoms with Gasteiger partial charge in [0.05, 0.1) is 29.9 Å². The van der Waals surface area contributed by atoms with E-state index in [1.165, 1.54) is 43.9 Å². The van der Waals surface area contributed by atoms with E-state index in [0.717, 1.165) is 124 Å². The number of halogens is 2. The molecule has 8 rings (SSSR count). The van der Waals surface area contributed by atoms with Crippen LogP contribution in [0.5, 0.6) is 0 Å². The Bertz CT molecular complexity index is 2180. The molecule has 2 N–H and O–H groups in total. The summed E-state index contributed by atoms with van der Waals surface area (Å²) in [5.41, 5.74) is 12.8. The number of benzene rings is 2. The van der Waals surface area contributed by atoms with Crippen molar-refractivity contribution in [3.63, 3.8) is 0 Å². The molecule has 0 aliphatic carbocycles. The maximum Gasteiger partial charge on any atom is 0.356 e. The van der Waals surface area contributed by atoms with Crippen molar-refractivity contribution in [2.75, 3.05) is 82.4 Å². The van der Waals surface area contributed by atoms with Crippen LogP contribution < -0.4 is 15.5 Å². The van der Waals surface area contributed by atoms with Gasteiger partial charge in [-0.2, -0.15) is 0 Å². The number of amides is 1. The number of aromatic nitrogens is 2. The largest absolute Gasteiger partial charge is 0.464 e. The molecule has 4 fully saturated rings. The Labute approximate surface area is 397 Å². The number of anilines is 2. The molecule has 0 bridgehead atoms. The minimum atomic E-state index is -0.474. The lowest BCUT2D eigenvalue weighted by Gasteiger charge is -2.48. The zero-order valence-electron chi connectivity index (χ0n) is 39.1. The number of esters is 1. The predicted octanol–water partition coefficient (Wildman–Crippen LogP) is 8.10. The van der Waals surface area contributed by atoms with E-state index in [-0.39, 0.29) is 5.97 Å². The minimum Gasteiger partial charge on any atom is -0.464 e. The summed E-state index contributed by atoms with van der Waals surface area (Å²) in [5.74, 6) is -0.860. The molecule has 2 aromatic carbocycles. The molecule has 65 heavy (non-hydrogen) atoms. The molecule has 350 valence electrons. The predicted molar refractivity (Wildman–Crippen MR) is 263 cm³/mol. The molecule has 2 aromatic heterocycles. The first-order valence-corrected chi connectivity index (χ1v) is 24.5. The van der Waals surface area contributed by atoms with Crippen molar-refractivity contribution in [3.05, 3.63) is 117 Å². The summed E-state index contributed by atoms with van der Waals surface area (Å²) in [4.78, 5) is 47.6. The Hall–Kier alpha value is -4.30. The van der Waals surface area contributed by atoms with Crippen molar-refractivity contribution in [3.8, 4) is 0 Å². The Kier molecular flexibility index (Phi) is 17.2. The fourth-order valence-electron chi connectivity index (χ4n) is 10.5. The van der Waals surface area contributed by atoms with Crippen LogP contribution in [0.2, 0.25) is 10.0 Å². The number of ether oxygens (including phenoxy) is 1. The average Bonchev–Trinajstić information content (AvgIpc) is 3.33. The summed E-state index contributed by atoms with van der Waals surface area (Å²) in [6.07, 6.45) is 7.15. The third kappa shape index (κ3) is 12.6. The first-order valence-electron chi connectivity index (χ1n) is 23.7. The van der Waals surface area contributed by atoms with Crippen LogP contribution in [0.4, 0.5) is 11.4 Å². The van der Waals surface area contributed by atoms with E-state index in [9.17, 15) is 9.59 Å². The van der Waals surface area contributed by atoms with E-state index in [1.807, 2.05) is 50.2 Å². The number of primary amides is 1. The van der Waals surface area contributed by atoms with E-state index in [1.54, 1.807) is 12.1 Å². The summed E-state index contributed by atoms with van der Waals surface area (Å²) in [6.45, 7) is 21.2. The van der Waals surface area contributed by atoms with Crippen LogP contribution in [0.3, 0.4) is 0 Å². The molecule has 4 saturated heterocycles. The molecule has 6 heterocycles. The Morgan fingerprint density at radius 2 is 1.00 bits per heavy atom. The number of methoxy groups -OCH3 is 1. The lowest BCUT2D eigenvalue weighted by Crippen LogP contribution is -2.58. The molecule has 4 aliphatic heterocycles. The number of nitrogens with zero attached hydrogens (tertiary/aromatic N) is 8. The van der Waals surface area contributed by atoms with Crippen LogP contribution in [0.1, 0.15) is 95.9 Å². The second-order valence-corrected chi connectivity index (χ2v) is 19.1. The minimum absolute atomic E-state index is 0.335. The number of aryl methyl sites for hydroxylation is 2. The second-order valence-electron chi connectivity index (χ2n) is 18.2. The summed E-state index contributed by atoms with van der Waals surface area (Å²) in [7, 11) is 1.39. The Morgan fingerprint density at radius 1 is 0.600 bits per heavy atom. The number of piperazine rings is 2. The maximum absolute atomic E-state index is 11.8. The fourth-order valence-corrected chi connectivity index (χ4v) is 10.8. The highest BCUT2D eigenvalue weighted by atomic mass is 35.5. The first kappa shape index (κ1) is 48.6. The van der Waals surface area contributed by atoms with E-state index in [0.29, 0.717) is 35.6 Å². The van der Waals surface area contributed by atoms with Gasteiger partial charge in [-0.25, -0.2) is 14.8 Å². The second kappa shape index (κ2) is 22.9. The molecule has 0 spiro atoms. The molecule has 4 aromatic rings. The Balaban J connectivity index is 0.000000194. The zero-order chi connectivity index (χ0) is 46.0. The van der Waals surface area contributed by atoms with Crippen LogP contribution >= 0.6 is 23.2 Å². The highest BCUT2D eigenvalue weighted by Crippen LogP contribution is 2.30. The molecule has 14 heteroatoms. The van der Waals surface area contributed by atoms with Crippen molar-refractivity contribution in [1.29, 1.82) is 0 Å². The number of hydrogen-bond donors (Lipinski definition) is 1. The van der Waals surface area contributed by atoms with Gasteiger partial charge in [-0.1, -0.05) is 61.3 Å². The van der Waals surface area contributed by atoms with Gasteiger partial charge in [0.15, 0.2) is 0 Å². The van der Waals surface area contributed by atoms with Crippen molar-refractivity contribution in [2.24, 2.45) is 5.73 Å².